The highest BCUT2D eigenvalue weighted by Crippen LogP contribution is 2.46. The molecule has 3 amide bonds. The monoisotopic (exact) mass is 727 g/mol. The molecule has 1 saturated heterocycles. The minimum atomic E-state index is -1.19. The van der Waals surface area contributed by atoms with Crippen LogP contribution in [0.25, 0.3) is 0 Å². The summed E-state index contributed by atoms with van der Waals surface area (Å²) in [5.41, 5.74) is 2.55. The van der Waals surface area contributed by atoms with E-state index in [1.165, 1.54) is 48.5 Å². The number of aliphatic hydroxyl groups is 1. The molecular formula is C41H43F2N3O7. The maximum Gasteiger partial charge on any atom is 0.326 e. The summed E-state index contributed by atoms with van der Waals surface area (Å²) in [6.45, 7) is 3.35. The van der Waals surface area contributed by atoms with Crippen LogP contribution in [0.5, 0.6) is 5.75 Å². The number of carboxylic acids is 1. The summed E-state index contributed by atoms with van der Waals surface area (Å²) in [4.78, 5) is 53.1. The van der Waals surface area contributed by atoms with Crippen LogP contribution in [0.2, 0.25) is 0 Å². The number of carbonyl (C=O) groups is 4. The first-order valence-electron chi connectivity index (χ1n) is 17.5. The van der Waals surface area contributed by atoms with Crippen LogP contribution in [0.3, 0.4) is 0 Å². The molecule has 278 valence electrons. The first kappa shape index (κ1) is 38.6. The highest BCUT2D eigenvalue weighted by atomic mass is 19.1. The molecule has 0 saturated carbocycles. The number of carbonyl (C=O) groups excluding carboxylic acids is 3. The van der Waals surface area contributed by atoms with Gasteiger partial charge in [-0.05, 0) is 90.4 Å². The number of anilines is 1. The summed E-state index contributed by atoms with van der Waals surface area (Å²) < 4.78 is 32.8. The SMILES string of the molecule is CC(C)C[C@@H](NC(=O)COc1ccc(C2C(CC[C@@H](O)c3ccc(F)cc3)C(=O)N2c2ccc(F)cc2)cc1)C(=O)NC(Cc1ccccc1)C(=O)O. The largest absolute Gasteiger partial charge is 0.484 e. The maximum atomic E-state index is 13.7. The van der Waals surface area contributed by atoms with E-state index in [1.807, 2.05) is 19.9 Å². The van der Waals surface area contributed by atoms with Crippen LogP contribution in [0, 0.1) is 23.5 Å². The number of benzene rings is 4. The van der Waals surface area contributed by atoms with Gasteiger partial charge in [-0.1, -0.05) is 68.4 Å². The summed E-state index contributed by atoms with van der Waals surface area (Å²) in [7, 11) is 0. The second-order valence-electron chi connectivity index (χ2n) is 13.6. The number of amides is 3. The number of carboxylic acid groups (broad SMARTS) is 1. The third-order valence-electron chi connectivity index (χ3n) is 9.17. The third-order valence-corrected chi connectivity index (χ3v) is 9.17. The first-order valence-corrected chi connectivity index (χ1v) is 17.5. The van der Waals surface area contributed by atoms with Gasteiger partial charge in [-0.25, -0.2) is 13.6 Å². The fraction of sp³-hybridized carbons (Fsp3) is 0.317. The Labute approximate surface area is 306 Å². The van der Waals surface area contributed by atoms with Crippen molar-refractivity contribution < 1.29 is 42.9 Å². The van der Waals surface area contributed by atoms with Crippen molar-refractivity contribution in [2.24, 2.45) is 11.8 Å². The molecule has 0 aromatic heterocycles. The van der Waals surface area contributed by atoms with Gasteiger partial charge in [-0.3, -0.25) is 14.4 Å². The topological polar surface area (TPSA) is 145 Å². The zero-order valence-corrected chi connectivity index (χ0v) is 29.5. The number of aliphatic hydroxyl groups excluding tert-OH is 1. The van der Waals surface area contributed by atoms with Crippen molar-refractivity contribution in [3.63, 3.8) is 0 Å². The van der Waals surface area contributed by atoms with Crippen molar-refractivity contribution in [3.8, 4) is 5.75 Å². The maximum absolute atomic E-state index is 13.7. The molecule has 10 nitrogen and oxygen atoms in total. The fourth-order valence-corrected chi connectivity index (χ4v) is 6.46. The van der Waals surface area contributed by atoms with Crippen molar-refractivity contribution in [1.82, 2.24) is 10.6 Å². The average molecular weight is 728 g/mol. The molecule has 12 heteroatoms. The van der Waals surface area contributed by atoms with Gasteiger partial charge in [0, 0.05) is 12.1 Å². The van der Waals surface area contributed by atoms with E-state index in [0.29, 0.717) is 23.4 Å². The van der Waals surface area contributed by atoms with Crippen molar-refractivity contribution in [2.45, 2.75) is 63.8 Å². The van der Waals surface area contributed by atoms with Crippen molar-refractivity contribution in [3.05, 3.63) is 131 Å². The lowest BCUT2D eigenvalue weighted by molar-refractivity contribution is -0.142. The Kier molecular flexibility index (Phi) is 12.9. The summed E-state index contributed by atoms with van der Waals surface area (Å²) in [5, 5.41) is 25.7. The minimum Gasteiger partial charge on any atom is -0.484 e. The number of halogens is 2. The molecule has 1 aliphatic rings. The quantitative estimate of drug-likeness (QED) is 0.0991. The van der Waals surface area contributed by atoms with Gasteiger partial charge in [0.25, 0.3) is 5.91 Å². The molecule has 1 fully saturated rings. The van der Waals surface area contributed by atoms with Gasteiger partial charge < -0.3 is 30.5 Å². The van der Waals surface area contributed by atoms with E-state index >= 15 is 0 Å². The first-order chi connectivity index (χ1) is 25.4. The Morgan fingerprint density at radius 1 is 0.830 bits per heavy atom. The Bertz CT molecular complexity index is 1860. The van der Waals surface area contributed by atoms with E-state index in [0.717, 1.165) is 11.1 Å². The van der Waals surface area contributed by atoms with Crippen LogP contribution in [-0.4, -0.2) is 52.6 Å². The Morgan fingerprint density at radius 2 is 1.45 bits per heavy atom. The number of nitrogens with one attached hydrogen (secondary N) is 2. The zero-order chi connectivity index (χ0) is 38.1. The van der Waals surface area contributed by atoms with Gasteiger partial charge >= 0.3 is 5.97 Å². The predicted molar refractivity (Wildman–Crippen MR) is 194 cm³/mol. The molecule has 4 N–H and O–H groups in total. The second-order valence-corrected chi connectivity index (χ2v) is 13.6. The Hall–Kier alpha value is -5.62. The molecule has 5 rings (SSSR count). The number of β-lactam (4-membered cyclic amide) rings is 1. The molecule has 4 aromatic carbocycles. The highest BCUT2D eigenvalue weighted by Gasteiger charge is 2.48. The van der Waals surface area contributed by atoms with Crippen LogP contribution >= 0.6 is 0 Å². The van der Waals surface area contributed by atoms with Crippen LogP contribution in [-0.2, 0) is 25.6 Å². The summed E-state index contributed by atoms with van der Waals surface area (Å²) in [6.07, 6.45) is 0.0503. The second kappa shape index (κ2) is 17.7. The van der Waals surface area contributed by atoms with E-state index in [1.54, 1.807) is 53.4 Å². The summed E-state index contributed by atoms with van der Waals surface area (Å²) in [6, 6.07) is 24.3. The predicted octanol–water partition coefficient (Wildman–Crippen LogP) is 5.90. The van der Waals surface area contributed by atoms with Gasteiger partial charge in [0.2, 0.25) is 11.8 Å². The van der Waals surface area contributed by atoms with E-state index in [-0.39, 0.29) is 31.1 Å². The number of ether oxygens (including phenoxy) is 1. The molecule has 5 atom stereocenters. The normalized spacial score (nSPS) is 17.0. The van der Waals surface area contributed by atoms with E-state index in [2.05, 4.69) is 10.6 Å². The molecular weight excluding hydrogens is 684 g/mol. The molecule has 1 heterocycles. The number of aliphatic carboxylic acids is 1. The number of hydrogen-bond donors (Lipinski definition) is 4. The molecule has 53 heavy (non-hydrogen) atoms. The molecule has 3 unspecified atom stereocenters. The lowest BCUT2D eigenvalue weighted by atomic mass is 9.78. The fourth-order valence-electron chi connectivity index (χ4n) is 6.46. The van der Waals surface area contributed by atoms with Crippen molar-refractivity contribution >= 4 is 29.4 Å². The van der Waals surface area contributed by atoms with Crippen molar-refractivity contribution in [2.75, 3.05) is 11.5 Å². The lowest BCUT2D eigenvalue weighted by Crippen LogP contribution is -2.55. The number of rotatable bonds is 17. The summed E-state index contributed by atoms with van der Waals surface area (Å²) in [5.74, 6) is -3.54. The molecule has 4 aromatic rings. The number of hydrogen-bond acceptors (Lipinski definition) is 6. The lowest BCUT2D eigenvalue weighted by Gasteiger charge is -2.48. The molecule has 0 aliphatic carbocycles. The van der Waals surface area contributed by atoms with Crippen LogP contribution in [0.4, 0.5) is 14.5 Å². The molecule has 0 spiro atoms. The third kappa shape index (κ3) is 10.3. The average Bonchev–Trinajstić information content (AvgIpc) is 3.14. The standard InChI is InChI=1S/C41H43F2N3O7/c1-25(2)22-34(39(49)45-35(41(51)52)23-26-6-4-3-5-7-26)44-37(48)24-53-32-18-10-28(11-19-32)38-33(20-21-36(47)27-8-12-29(42)13-9-27)40(50)46(38)31-16-14-30(43)15-17-31/h3-19,25,33-36,38,47H,20-24H2,1-2H3,(H,44,48)(H,45,49)(H,51,52)/t33?,34-,35?,36-,38?/m1/s1. The van der Waals surface area contributed by atoms with Crippen molar-refractivity contribution in [1.29, 1.82) is 0 Å². The van der Waals surface area contributed by atoms with Gasteiger partial charge in [0.05, 0.1) is 18.1 Å². The van der Waals surface area contributed by atoms with E-state index in [4.69, 9.17) is 4.74 Å². The summed E-state index contributed by atoms with van der Waals surface area (Å²) >= 11 is 0. The van der Waals surface area contributed by atoms with Gasteiger partial charge in [-0.2, -0.15) is 0 Å². The van der Waals surface area contributed by atoms with Crippen LogP contribution < -0.4 is 20.3 Å². The van der Waals surface area contributed by atoms with Gasteiger partial charge in [0.15, 0.2) is 6.61 Å². The highest BCUT2D eigenvalue weighted by molar-refractivity contribution is 6.03. The smallest absolute Gasteiger partial charge is 0.326 e. The number of nitrogens with zero attached hydrogens (tertiary/aromatic N) is 1. The Balaban J connectivity index is 1.22. The van der Waals surface area contributed by atoms with Gasteiger partial charge in [-0.15, -0.1) is 0 Å². The zero-order valence-electron chi connectivity index (χ0n) is 29.5. The van der Waals surface area contributed by atoms with Crippen LogP contribution in [0.15, 0.2) is 103 Å². The van der Waals surface area contributed by atoms with E-state index in [9.17, 15) is 38.2 Å². The van der Waals surface area contributed by atoms with Gasteiger partial charge in [0.1, 0.15) is 29.5 Å². The molecule has 0 bridgehead atoms. The van der Waals surface area contributed by atoms with E-state index < -0.39 is 66.2 Å². The van der Waals surface area contributed by atoms with Crippen LogP contribution in [0.1, 0.15) is 61.9 Å². The minimum absolute atomic E-state index is 0.0137. The Morgan fingerprint density at radius 3 is 2.06 bits per heavy atom. The molecule has 0 radical (unpaired) electrons. The molecule has 1 aliphatic heterocycles.